The first-order valence-electron chi connectivity index (χ1n) is 11.6. The second-order valence-electron chi connectivity index (χ2n) is 8.75. The van der Waals surface area contributed by atoms with Gasteiger partial charge in [-0.15, -0.1) is 0 Å². The summed E-state index contributed by atoms with van der Waals surface area (Å²) in [7, 11) is 3.11. The van der Waals surface area contributed by atoms with Crippen LogP contribution in [0, 0.1) is 16.0 Å². The minimum absolute atomic E-state index is 0.0892. The van der Waals surface area contributed by atoms with E-state index in [9.17, 15) is 19.7 Å². The van der Waals surface area contributed by atoms with Gasteiger partial charge >= 0.3 is 0 Å². The molecule has 184 valence electrons. The summed E-state index contributed by atoms with van der Waals surface area (Å²) in [6, 6.07) is 21.8. The number of nitro groups is 1. The van der Waals surface area contributed by atoms with Gasteiger partial charge in [0.2, 0.25) is 6.04 Å². The Morgan fingerprint density at radius 3 is 2.03 bits per heavy atom. The van der Waals surface area contributed by atoms with Gasteiger partial charge in [-0.05, 0) is 47.0 Å². The van der Waals surface area contributed by atoms with Crippen molar-refractivity contribution >= 4 is 17.6 Å². The molecule has 0 aromatic heterocycles. The quantitative estimate of drug-likeness (QED) is 0.191. The Kier molecular flexibility index (Phi) is 7.59. The average molecular weight is 486 g/mol. The Morgan fingerprint density at radius 2 is 1.47 bits per heavy atom. The number of allylic oxidation sites excluding steroid dienone is 1. The summed E-state index contributed by atoms with van der Waals surface area (Å²) in [5.74, 6) is -2.15. The van der Waals surface area contributed by atoms with Crippen LogP contribution in [0.25, 0.3) is 6.08 Å². The summed E-state index contributed by atoms with van der Waals surface area (Å²) >= 11 is 0. The number of rotatable bonds is 8. The van der Waals surface area contributed by atoms with E-state index in [1.165, 1.54) is 6.08 Å². The highest BCUT2D eigenvalue weighted by Gasteiger charge is 2.53. The van der Waals surface area contributed by atoms with Crippen molar-refractivity contribution in [1.29, 1.82) is 0 Å². The highest BCUT2D eigenvalue weighted by atomic mass is 16.6. The molecule has 7 nitrogen and oxygen atoms in total. The molecule has 4 rings (SSSR count). The lowest BCUT2D eigenvalue weighted by atomic mass is 9.64. The van der Waals surface area contributed by atoms with Gasteiger partial charge in [0.05, 0.1) is 32.0 Å². The normalized spacial score (nSPS) is 21.8. The smallest absolute Gasteiger partial charge is 0.228 e. The minimum Gasteiger partial charge on any atom is -0.497 e. The van der Waals surface area contributed by atoms with Crippen LogP contribution in [0.1, 0.15) is 34.9 Å². The van der Waals surface area contributed by atoms with Crippen LogP contribution in [0.2, 0.25) is 0 Å². The van der Waals surface area contributed by atoms with Crippen molar-refractivity contribution in [2.24, 2.45) is 5.92 Å². The number of carbonyl (C=O) groups excluding carboxylic acids is 2. The van der Waals surface area contributed by atoms with Gasteiger partial charge in [0.1, 0.15) is 17.3 Å². The van der Waals surface area contributed by atoms with Gasteiger partial charge in [0.15, 0.2) is 5.78 Å². The summed E-state index contributed by atoms with van der Waals surface area (Å²) < 4.78 is 10.4. The van der Waals surface area contributed by atoms with Gasteiger partial charge in [-0.1, -0.05) is 60.7 Å². The molecule has 4 unspecified atom stereocenters. The molecule has 0 spiro atoms. The van der Waals surface area contributed by atoms with Crippen LogP contribution in [0.5, 0.6) is 11.5 Å². The van der Waals surface area contributed by atoms with Crippen LogP contribution < -0.4 is 9.47 Å². The van der Waals surface area contributed by atoms with E-state index >= 15 is 0 Å². The van der Waals surface area contributed by atoms with E-state index < -0.39 is 29.6 Å². The molecular weight excluding hydrogens is 458 g/mol. The number of Topliss-reactive ketones (excluding diaryl/α,β-unsaturated/α-hetero) is 1. The summed E-state index contributed by atoms with van der Waals surface area (Å²) in [4.78, 5) is 39.0. The van der Waals surface area contributed by atoms with Gasteiger partial charge in [-0.25, -0.2) is 0 Å². The number of ether oxygens (including phenoxy) is 2. The number of ketones is 2. The van der Waals surface area contributed by atoms with Gasteiger partial charge in [-0.2, -0.15) is 0 Å². The maximum Gasteiger partial charge on any atom is 0.228 e. The first-order chi connectivity index (χ1) is 17.4. The molecule has 1 aliphatic carbocycles. The average Bonchev–Trinajstić information content (AvgIpc) is 2.91. The third kappa shape index (κ3) is 5.20. The number of hydrogen-bond acceptors (Lipinski definition) is 6. The maximum absolute atomic E-state index is 13.5. The Morgan fingerprint density at radius 1 is 0.889 bits per heavy atom. The van der Waals surface area contributed by atoms with E-state index in [2.05, 4.69) is 0 Å². The summed E-state index contributed by atoms with van der Waals surface area (Å²) in [5.41, 5.74) is 2.03. The summed E-state index contributed by atoms with van der Waals surface area (Å²) in [6.07, 6.45) is 2.88. The van der Waals surface area contributed by atoms with E-state index in [-0.39, 0.29) is 17.1 Å². The van der Waals surface area contributed by atoms with E-state index in [1.54, 1.807) is 99.2 Å². The molecule has 0 saturated heterocycles. The Balaban J connectivity index is 1.72. The van der Waals surface area contributed by atoms with Crippen LogP contribution in [-0.4, -0.2) is 36.8 Å². The highest BCUT2D eigenvalue weighted by Crippen LogP contribution is 2.45. The molecule has 0 amide bonds. The Labute approximate surface area is 209 Å². The molecule has 0 N–H and O–H groups in total. The largest absolute Gasteiger partial charge is 0.497 e. The monoisotopic (exact) mass is 485 g/mol. The lowest BCUT2D eigenvalue weighted by Gasteiger charge is -2.36. The zero-order valence-corrected chi connectivity index (χ0v) is 20.1. The third-order valence-electron chi connectivity index (χ3n) is 6.74. The SMILES string of the molecule is COc1ccc(/C=C/C(=O)C2C(=O)CC(c3ccc(OC)cc3)C([N+](=O)[O-])C2c2ccccc2)cc1. The maximum atomic E-state index is 13.5. The molecule has 1 saturated carbocycles. The lowest BCUT2D eigenvalue weighted by molar-refractivity contribution is -0.533. The third-order valence-corrected chi connectivity index (χ3v) is 6.74. The van der Waals surface area contributed by atoms with Crippen molar-refractivity contribution in [3.8, 4) is 11.5 Å². The second kappa shape index (κ2) is 11.0. The molecule has 7 heteroatoms. The van der Waals surface area contributed by atoms with Gasteiger partial charge in [0.25, 0.3) is 0 Å². The van der Waals surface area contributed by atoms with Crippen LogP contribution in [0.4, 0.5) is 0 Å². The molecule has 0 heterocycles. The fourth-order valence-electron chi connectivity index (χ4n) is 4.95. The van der Waals surface area contributed by atoms with E-state index in [0.29, 0.717) is 22.6 Å². The second-order valence-corrected chi connectivity index (χ2v) is 8.75. The molecule has 3 aromatic rings. The van der Waals surface area contributed by atoms with E-state index in [0.717, 1.165) is 5.56 Å². The lowest BCUT2D eigenvalue weighted by Crippen LogP contribution is -2.48. The fourth-order valence-corrected chi connectivity index (χ4v) is 4.95. The molecule has 1 aliphatic rings. The zero-order chi connectivity index (χ0) is 25.7. The van der Waals surface area contributed by atoms with Crippen molar-refractivity contribution in [3.63, 3.8) is 0 Å². The first-order valence-corrected chi connectivity index (χ1v) is 11.6. The van der Waals surface area contributed by atoms with Crippen LogP contribution in [-0.2, 0) is 9.59 Å². The molecule has 0 bridgehead atoms. The van der Waals surface area contributed by atoms with Crippen molar-refractivity contribution in [2.75, 3.05) is 14.2 Å². The van der Waals surface area contributed by atoms with Crippen molar-refractivity contribution in [3.05, 3.63) is 112 Å². The number of hydrogen-bond donors (Lipinski definition) is 0. The predicted octanol–water partition coefficient (Wildman–Crippen LogP) is 5.09. The van der Waals surface area contributed by atoms with Crippen molar-refractivity contribution < 1.29 is 24.0 Å². The number of methoxy groups -OCH3 is 2. The Bertz CT molecular complexity index is 1250. The number of carbonyl (C=O) groups is 2. The van der Waals surface area contributed by atoms with Gasteiger partial charge in [0, 0.05) is 11.3 Å². The molecule has 3 aromatic carbocycles. The fraction of sp³-hybridized carbons (Fsp3) is 0.241. The molecule has 1 fully saturated rings. The van der Waals surface area contributed by atoms with E-state index in [4.69, 9.17) is 9.47 Å². The molecule has 0 aliphatic heterocycles. The van der Waals surface area contributed by atoms with Crippen molar-refractivity contribution in [2.45, 2.75) is 24.3 Å². The van der Waals surface area contributed by atoms with Gasteiger partial charge < -0.3 is 9.47 Å². The molecule has 0 radical (unpaired) electrons. The van der Waals surface area contributed by atoms with Crippen molar-refractivity contribution in [1.82, 2.24) is 0 Å². The number of nitrogens with zero attached hydrogens (tertiary/aromatic N) is 1. The summed E-state index contributed by atoms with van der Waals surface area (Å²) in [5, 5.41) is 12.5. The molecule has 36 heavy (non-hydrogen) atoms. The van der Waals surface area contributed by atoms with Crippen LogP contribution in [0.15, 0.2) is 84.9 Å². The number of benzene rings is 3. The van der Waals surface area contributed by atoms with Crippen LogP contribution >= 0.6 is 0 Å². The van der Waals surface area contributed by atoms with E-state index in [1.807, 2.05) is 0 Å². The highest BCUT2D eigenvalue weighted by molar-refractivity contribution is 6.10. The summed E-state index contributed by atoms with van der Waals surface area (Å²) in [6.45, 7) is 0. The van der Waals surface area contributed by atoms with Gasteiger partial charge in [-0.3, -0.25) is 19.7 Å². The minimum atomic E-state index is -1.15. The zero-order valence-electron chi connectivity index (χ0n) is 20.1. The first kappa shape index (κ1) is 24.9. The van der Waals surface area contributed by atoms with Crippen LogP contribution in [0.3, 0.4) is 0 Å². The predicted molar refractivity (Wildman–Crippen MR) is 136 cm³/mol. The standard InChI is InChI=1S/C29H27NO6/c1-35-22-13-8-19(9-14-22)10-17-25(31)28-26(32)18-24(20-11-15-23(36-2)16-12-20)29(30(33)34)27(28)21-6-4-3-5-7-21/h3-17,24,27-29H,18H2,1-2H3/b17-10+. The topological polar surface area (TPSA) is 95.7 Å². The molecular formula is C29H27NO6. The molecule has 4 atom stereocenters. The Hall–Kier alpha value is -4.26.